The highest BCUT2D eigenvalue weighted by Gasteiger charge is 2.27. The summed E-state index contributed by atoms with van der Waals surface area (Å²) in [5.74, 6) is -0.563. The minimum absolute atomic E-state index is 0.103. The van der Waals surface area contributed by atoms with E-state index in [4.69, 9.17) is 11.5 Å². The molecule has 0 unspecified atom stereocenters. The van der Waals surface area contributed by atoms with E-state index in [9.17, 15) is 9.59 Å². The molecule has 0 aliphatic heterocycles. The summed E-state index contributed by atoms with van der Waals surface area (Å²) >= 11 is 0. The first-order chi connectivity index (χ1) is 7.19. The highest BCUT2D eigenvalue weighted by molar-refractivity contribution is 5.83. The molecule has 0 aromatic carbocycles. The van der Waals surface area contributed by atoms with Gasteiger partial charge in [-0.05, 0) is 19.8 Å². The molecule has 5 heteroatoms. The van der Waals surface area contributed by atoms with Gasteiger partial charge in [-0.25, -0.2) is 0 Å². The smallest absolute Gasteiger partial charge is 0.237 e. The zero-order chi connectivity index (χ0) is 12.9. The molecule has 2 amide bonds. The summed E-state index contributed by atoms with van der Waals surface area (Å²) in [4.78, 5) is 22.5. The lowest BCUT2D eigenvalue weighted by molar-refractivity contribution is -0.126. The Morgan fingerprint density at radius 1 is 1.38 bits per heavy atom. The van der Waals surface area contributed by atoms with Crippen LogP contribution in [0.5, 0.6) is 0 Å². The standard InChI is InChI=1S/C11H23N3O2/c1-5-7(2)9(13)10(16)14-11(3,4)6-8(12)15/h7,9H,5-6,13H2,1-4H3,(H2,12,15)(H,14,16)/t7-,9-/m0/s1. The largest absolute Gasteiger partial charge is 0.370 e. The number of hydrogen-bond donors (Lipinski definition) is 3. The van der Waals surface area contributed by atoms with E-state index in [1.165, 1.54) is 0 Å². The highest BCUT2D eigenvalue weighted by atomic mass is 16.2. The number of amides is 2. The molecule has 0 aromatic heterocycles. The molecule has 16 heavy (non-hydrogen) atoms. The molecule has 0 fully saturated rings. The maximum absolute atomic E-state index is 11.8. The maximum Gasteiger partial charge on any atom is 0.237 e. The highest BCUT2D eigenvalue weighted by Crippen LogP contribution is 2.10. The molecule has 0 rings (SSSR count). The van der Waals surface area contributed by atoms with Gasteiger partial charge >= 0.3 is 0 Å². The Hall–Kier alpha value is -1.10. The average Bonchev–Trinajstić information content (AvgIpc) is 2.12. The average molecular weight is 229 g/mol. The molecule has 0 aliphatic rings. The van der Waals surface area contributed by atoms with Crippen LogP contribution in [0.2, 0.25) is 0 Å². The second kappa shape index (κ2) is 5.84. The Balaban J connectivity index is 4.38. The Kier molecular flexibility index (Phi) is 5.44. The third-order valence-corrected chi connectivity index (χ3v) is 2.64. The molecule has 0 saturated heterocycles. The van der Waals surface area contributed by atoms with Crippen LogP contribution in [0.4, 0.5) is 0 Å². The molecule has 0 aromatic rings. The first-order valence-electron chi connectivity index (χ1n) is 5.55. The summed E-state index contributed by atoms with van der Waals surface area (Å²) in [7, 11) is 0. The Morgan fingerprint density at radius 3 is 2.25 bits per heavy atom. The van der Waals surface area contributed by atoms with E-state index < -0.39 is 17.5 Å². The Bertz CT molecular complexity index is 264. The zero-order valence-electron chi connectivity index (χ0n) is 10.5. The summed E-state index contributed by atoms with van der Waals surface area (Å²) in [6.45, 7) is 7.40. The number of carbonyl (C=O) groups excluding carboxylic acids is 2. The molecule has 0 spiro atoms. The molecule has 2 atom stereocenters. The summed E-state index contributed by atoms with van der Waals surface area (Å²) in [6.07, 6.45) is 0.941. The van der Waals surface area contributed by atoms with Crippen LogP contribution in [-0.2, 0) is 9.59 Å². The molecule has 0 heterocycles. The molecule has 94 valence electrons. The molecule has 5 N–H and O–H groups in total. The van der Waals surface area contributed by atoms with Crippen LogP contribution in [0.3, 0.4) is 0 Å². The van der Waals surface area contributed by atoms with Gasteiger partial charge in [-0.2, -0.15) is 0 Å². The third-order valence-electron chi connectivity index (χ3n) is 2.64. The van der Waals surface area contributed by atoms with Gasteiger partial charge in [0.2, 0.25) is 11.8 Å². The number of nitrogens with one attached hydrogen (secondary N) is 1. The van der Waals surface area contributed by atoms with Gasteiger partial charge < -0.3 is 16.8 Å². The van der Waals surface area contributed by atoms with Gasteiger partial charge in [0.25, 0.3) is 0 Å². The SMILES string of the molecule is CC[C@H](C)[C@H](N)C(=O)NC(C)(C)CC(N)=O. The van der Waals surface area contributed by atoms with Crippen LogP contribution in [0, 0.1) is 5.92 Å². The van der Waals surface area contributed by atoms with Crippen molar-refractivity contribution in [1.82, 2.24) is 5.32 Å². The lowest BCUT2D eigenvalue weighted by atomic mass is 9.96. The Morgan fingerprint density at radius 2 is 1.88 bits per heavy atom. The first kappa shape index (κ1) is 14.9. The van der Waals surface area contributed by atoms with E-state index in [1.807, 2.05) is 13.8 Å². The van der Waals surface area contributed by atoms with E-state index in [1.54, 1.807) is 13.8 Å². The second-order valence-corrected chi connectivity index (χ2v) is 4.93. The number of carbonyl (C=O) groups is 2. The number of rotatable bonds is 6. The summed E-state index contributed by atoms with van der Waals surface area (Å²) in [6, 6.07) is -0.544. The second-order valence-electron chi connectivity index (χ2n) is 4.93. The van der Waals surface area contributed by atoms with Crippen molar-refractivity contribution in [1.29, 1.82) is 0 Å². The van der Waals surface area contributed by atoms with E-state index in [0.29, 0.717) is 0 Å². The minimum Gasteiger partial charge on any atom is -0.370 e. The third kappa shape index (κ3) is 5.11. The van der Waals surface area contributed by atoms with E-state index in [2.05, 4.69) is 5.32 Å². The maximum atomic E-state index is 11.8. The van der Waals surface area contributed by atoms with Crippen molar-refractivity contribution in [2.45, 2.75) is 52.1 Å². The van der Waals surface area contributed by atoms with Crippen LogP contribution >= 0.6 is 0 Å². The van der Waals surface area contributed by atoms with Crippen molar-refractivity contribution in [3.63, 3.8) is 0 Å². The van der Waals surface area contributed by atoms with Crippen molar-refractivity contribution in [2.24, 2.45) is 17.4 Å². The predicted molar refractivity (Wildman–Crippen MR) is 63.5 cm³/mol. The molecule has 0 bridgehead atoms. The van der Waals surface area contributed by atoms with Gasteiger partial charge in [-0.1, -0.05) is 20.3 Å². The van der Waals surface area contributed by atoms with E-state index >= 15 is 0 Å². The van der Waals surface area contributed by atoms with Gasteiger partial charge in [0.15, 0.2) is 0 Å². The normalized spacial score (nSPS) is 15.3. The van der Waals surface area contributed by atoms with Crippen molar-refractivity contribution >= 4 is 11.8 Å². The van der Waals surface area contributed by atoms with Crippen molar-refractivity contribution in [3.05, 3.63) is 0 Å². The van der Waals surface area contributed by atoms with Gasteiger partial charge in [-0.3, -0.25) is 9.59 Å². The van der Waals surface area contributed by atoms with Crippen LogP contribution in [-0.4, -0.2) is 23.4 Å². The summed E-state index contributed by atoms with van der Waals surface area (Å²) < 4.78 is 0. The van der Waals surface area contributed by atoms with Crippen molar-refractivity contribution in [3.8, 4) is 0 Å². The monoisotopic (exact) mass is 229 g/mol. The van der Waals surface area contributed by atoms with Crippen molar-refractivity contribution in [2.75, 3.05) is 0 Å². The lowest BCUT2D eigenvalue weighted by Crippen LogP contribution is -2.53. The molecule has 0 aliphatic carbocycles. The molecular weight excluding hydrogens is 206 g/mol. The van der Waals surface area contributed by atoms with Gasteiger partial charge in [-0.15, -0.1) is 0 Å². The fourth-order valence-corrected chi connectivity index (χ4v) is 1.41. The molecule has 0 radical (unpaired) electrons. The lowest BCUT2D eigenvalue weighted by Gasteiger charge is -2.28. The van der Waals surface area contributed by atoms with Crippen LogP contribution < -0.4 is 16.8 Å². The summed E-state index contributed by atoms with van der Waals surface area (Å²) in [5.41, 5.74) is 10.2. The number of hydrogen-bond acceptors (Lipinski definition) is 3. The van der Waals surface area contributed by atoms with Crippen LogP contribution in [0.15, 0.2) is 0 Å². The molecule has 0 saturated carbocycles. The Labute approximate surface area is 96.9 Å². The van der Waals surface area contributed by atoms with E-state index in [0.717, 1.165) is 6.42 Å². The number of nitrogens with two attached hydrogens (primary N) is 2. The predicted octanol–water partition coefficient (Wildman–Crippen LogP) is 0.130. The minimum atomic E-state index is -0.645. The topological polar surface area (TPSA) is 98.2 Å². The van der Waals surface area contributed by atoms with Gasteiger partial charge in [0, 0.05) is 12.0 Å². The van der Waals surface area contributed by atoms with E-state index in [-0.39, 0.29) is 18.2 Å². The van der Waals surface area contributed by atoms with Crippen LogP contribution in [0.25, 0.3) is 0 Å². The first-order valence-corrected chi connectivity index (χ1v) is 5.55. The van der Waals surface area contributed by atoms with Gasteiger partial charge in [0.1, 0.15) is 0 Å². The fourth-order valence-electron chi connectivity index (χ4n) is 1.41. The number of primary amides is 1. The van der Waals surface area contributed by atoms with Gasteiger partial charge in [0.05, 0.1) is 6.04 Å². The zero-order valence-corrected chi connectivity index (χ0v) is 10.5. The van der Waals surface area contributed by atoms with Crippen LogP contribution in [0.1, 0.15) is 40.5 Å². The summed E-state index contributed by atoms with van der Waals surface area (Å²) in [5, 5.41) is 2.74. The molecule has 5 nitrogen and oxygen atoms in total. The quantitative estimate of drug-likeness (QED) is 0.603. The molecular formula is C11H23N3O2. The fraction of sp³-hybridized carbons (Fsp3) is 0.818. The van der Waals surface area contributed by atoms with Crippen molar-refractivity contribution < 1.29 is 9.59 Å².